The molecule has 0 radical (unpaired) electrons. The number of methoxy groups -OCH3 is 1. The molecule has 0 fully saturated rings. The van der Waals surface area contributed by atoms with Crippen molar-refractivity contribution < 1.29 is 27.9 Å². The number of rotatable bonds is 8. The molecule has 29 heavy (non-hydrogen) atoms. The van der Waals surface area contributed by atoms with E-state index in [2.05, 4.69) is 10.6 Å². The molecule has 2 N–H and O–H groups in total. The van der Waals surface area contributed by atoms with Crippen molar-refractivity contribution in [3.63, 3.8) is 0 Å². The minimum absolute atomic E-state index is 0.0826. The molecule has 8 heteroatoms. The maximum atomic E-state index is 14.0. The molecule has 0 saturated carbocycles. The van der Waals surface area contributed by atoms with E-state index in [4.69, 9.17) is 4.74 Å². The Bertz CT molecular complexity index is 871. The van der Waals surface area contributed by atoms with Crippen LogP contribution in [0.4, 0.5) is 8.78 Å². The molecule has 2 amide bonds. The fourth-order valence-corrected chi connectivity index (χ4v) is 2.80. The van der Waals surface area contributed by atoms with Crippen LogP contribution < -0.4 is 10.6 Å². The standard InChI is InChI=1S/C21H22F2N2O4/c1-13(26)24-18(11-14-7-9-16(22)10-8-14)20(27)25-19(21(28)29-2)12-15-5-3-4-6-17(15)23/h3-10,18-19H,11-12H2,1-2H3,(H,24,26)(H,25,27)/t18-,19+/m0/s1. The molecule has 2 aromatic carbocycles. The highest BCUT2D eigenvalue weighted by Gasteiger charge is 2.28. The van der Waals surface area contributed by atoms with Gasteiger partial charge in [-0.05, 0) is 29.3 Å². The third kappa shape index (κ3) is 6.67. The van der Waals surface area contributed by atoms with E-state index < -0.39 is 41.5 Å². The minimum atomic E-state index is -1.14. The number of carbonyl (C=O) groups excluding carboxylic acids is 3. The van der Waals surface area contributed by atoms with Crippen molar-refractivity contribution in [1.29, 1.82) is 0 Å². The highest BCUT2D eigenvalue weighted by atomic mass is 19.1. The summed E-state index contributed by atoms with van der Waals surface area (Å²) in [4.78, 5) is 36.4. The van der Waals surface area contributed by atoms with E-state index in [1.165, 1.54) is 49.4 Å². The van der Waals surface area contributed by atoms with Crippen LogP contribution in [0.1, 0.15) is 18.1 Å². The lowest BCUT2D eigenvalue weighted by Gasteiger charge is -2.22. The van der Waals surface area contributed by atoms with E-state index in [0.29, 0.717) is 5.56 Å². The summed E-state index contributed by atoms with van der Waals surface area (Å²) in [7, 11) is 1.16. The third-order valence-corrected chi connectivity index (χ3v) is 4.23. The lowest BCUT2D eigenvalue weighted by atomic mass is 10.0. The Labute approximate surface area is 167 Å². The predicted octanol–water partition coefficient (Wildman–Crippen LogP) is 1.91. The SMILES string of the molecule is COC(=O)[C@@H](Cc1ccccc1F)NC(=O)[C@H](Cc1ccc(F)cc1)NC(C)=O. The van der Waals surface area contributed by atoms with Gasteiger partial charge in [-0.1, -0.05) is 30.3 Å². The zero-order valence-corrected chi connectivity index (χ0v) is 16.1. The van der Waals surface area contributed by atoms with Gasteiger partial charge in [-0.25, -0.2) is 13.6 Å². The Balaban J connectivity index is 2.17. The van der Waals surface area contributed by atoms with Gasteiger partial charge >= 0.3 is 5.97 Å². The van der Waals surface area contributed by atoms with Gasteiger partial charge in [-0.3, -0.25) is 9.59 Å². The maximum absolute atomic E-state index is 14.0. The number of hydrogen-bond donors (Lipinski definition) is 2. The fourth-order valence-electron chi connectivity index (χ4n) is 2.80. The van der Waals surface area contributed by atoms with E-state index in [1.54, 1.807) is 6.07 Å². The molecule has 2 rings (SSSR count). The van der Waals surface area contributed by atoms with Crippen LogP contribution in [0.5, 0.6) is 0 Å². The molecule has 0 spiro atoms. The van der Waals surface area contributed by atoms with E-state index in [9.17, 15) is 23.2 Å². The van der Waals surface area contributed by atoms with Crippen molar-refractivity contribution in [3.05, 3.63) is 71.3 Å². The Morgan fingerprint density at radius 1 is 0.931 bits per heavy atom. The molecule has 0 bridgehead atoms. The first-order valence-electron chi connectivity index (χ1n) is 8.93. The normalized spacial score (nSPS) is 12.6. The molecular weight excluding hydrogens is 382 g/mol. The van der Waals surface area contributed by atoms with Crippen LogP contribution in [0, 0.1) is 11.6 Å². The monoisotopic (exact) mass is 404 g/mol. The second-order valence-corrected chi connectivity index (χ2v) is 6.46. The molecule has 0 heterocycles. The van der Waals surface area contributed by atoms with Gasteiger partial charge in [0, 0.05) is 19.8 Å². The highest BCUT2D eigenvalue weighted by molar-refractivity contribution is 5.90. The van der Waals surface area contributed by atoms with Gasteiger partial charge in [0.05, 0.1) is 7.11 Å². The average molecular weight is 404 g/mol. The number of amides is 2. The van der Waals surface area contributed by atoms with E-state index >= 15 is 0 Å². The lowest BCUT2D eigenvalue weighted by Crippen LogP contribution is -2.53. The van der Waals surface area contributed by atoms with Crippen LogP contribution in [0.2, 0.25) is 0 Å². The molecule has 0 unspecified atom stereocenters. The van der Waals surface area contributed by atoms with Gasteiger partial charge < -0.3 is 15.4 Å². The first-order valence-corrected chi connectivity index (χ1v) is 8.93. The van der Waals surface area contributed by atoms with Crippen molar-refractivity contribution in [1.82, 2.24) is 10.6 Å². The Morgan fingerprint density at radius 3 is 2.17 bits per heavy atom. The van der Waals surface area contributed by atoms with Crippen molar-refractivity contribution in [3.8, 4) is 0 Å². The van der Waals surface area contributed by atoms with Crippen LogP contribution in [0.3, 0.4) is 0 Å². The topological polar surface area (TPSA) is 84.5 Å². The molecule has 0 aliphatic carbocycles. The Morgan fingerprint density at radius 2 is 1.59 bits per heavy atom. The molecule has 6 nitrogen and oxygen atoms in total. The Kier molecular flexibility index (Phi) is 7.82. The van der Waals surface area contributed by atoms with Crippen LogP contribution >= 0.6 is 0 Å². The number of ether oxygens (including phenoxy) is 1. The lowest BCUT2D eigenvalue weighted by molar-refractivity contribution is -0.145. The molecule has 154 valence electrons. The zero-order chi connectivity index (χ0) is 21.4. The van der Waals surface area contributed by atoms with Gasteiger partial charge in [0.25, 0.3) is 0 Å². The molecule has 0 aromatic heterocycles. The molecule has 2 atom stereocenters. The second kappa shape index (κ2) is 10.3. The summed E-state index contributed by atoms with van der Waals surface area (Å²) in [5, 5.41) is 5.02. The van der Waals surface area contributed by atoms with E-state index in [0.717, 1.165) is 7.11 Å². The quantitative estimate of drug-likeness (QED) is 0.659. The smallest absolute Gasteiger partial charge is 0.328 e. The van der Waals surface area contributed by atoms with Crippen molar-refractivity contribution in [2.75, 3.05) is 7.11 Å². The number of esters is 1. The largest absolute Gasteiger partial charge is 0.467 e. The van der Waals surface area contributed by atoms with Crippen LogP contribution in [-0.2, 0) is 32.0 Å². The van der Waals surface area contributed by atoms with Crippen molar-refractivity contribution in [2.24, 2.45) is 0 Å². The summed E-state index contributed by atoms with van der Waals surface area (Å²) in [5.74, 6) is -2.78. The van der Waals surface area contributed by atoms with Gasteiger partial charge in [0.1, 0.15) is 23.7 Å². The van der Waals surface area contributed by atoms with Crippen molar-refractivity contribution >= 4 is 17.8 Å². The summed E-state index contributed by atoms with van der Waals surface area (Å²) in [6, 6.07) is 9.20. The summed E-state index contributed by atoms with van der Waals surface area (Å²) < 4.78 is 31.8. The summed E-state index contributed by atoms with van der Waals surface area (Å²) in [5.41, 5.74) is 0.849. The van der Waals surface area contributed by atoms with Gasteiger partial charge in [-0.15, -0.1) is 0 Å². The van der Waals surface area contributed by atoms with Crippen LogP contribution in [-0.4, -0.2) is 37.0 Å². The van der Waals surface area contributed by atoms with Crippen molar-refractivity contribution in [2.45, 2.75) is 31.8 Å². The third-order valence-electron chi connectivity index (χ3n) is 4.23. The minimum Gasteiger partial charge on any atom is -0.467 e. The number of halogens is 2. The summed E-state index contributed by atoms with van der Waals surface area (Å²) >= 11 is 0. The predicted molar refractivity (Wildman–Crippen MR) is 102 cm³/mol. The number of carbonyl (C=O) groups is 3. The van der Waals surface area contributed by atoms with Gasteiger partial charge in [0.15, 0.2) is 0 Å². The van der Waals surface area contributed by atoms with E-state index in [1.807, 2.05) is 0 Å². The number of hydrogen-bond acceptors (Lipinski definition) is 4. The average Bonchev–Trinajstić information content (AvgIpc) is 2.69. The molecule has 0 aliphatic rings. The first-order chi connectivity index (χ1) is 13.8. The first kappa shape index (κ1) is 22.0. The molecule has 0 aliphatic heterocycles. The van der Waals surface area contributed by atoms with Crippen LogP contribution in [0.25, 0.3) is 0 Å². The van der Waals surface area contributed by atoms with Gasteiger partial charge in [0.2, 0.25) is 11.8 Å². The van der Waals surface area contributed by atoms with Crippen LogP contribution in [0.15, 0.2) is 48.5 Å². The highest BCUT2D eigenvalue weighted by Crippen LogP contribution is 2.11. The maximum Gasteiger partial charge on any atom is 0.328 e. The number of benzene rings is 2. The fraction of sp³-hybridized carbons (Fsp3) is 0.286. The summed E-state index contributed by atoms with van der Waals surface area (Å²) in [6.45, 7) is 1.25. The molecule has 0 saturated heterocycles. The Hall–Kier alpha value is -3.29. The van der Waals surface area contributed by atoms with E-state index in [-0.39, 0.29) is 18.4 Å². The molecular formula is C21H22F2N2O4. The zero-order valence-electron chi connectivity index (χ0n) is 16.1. The summed E-state index contributed by atoms with van der Waals surface area (Å²) in [6.07, 6.45) is -0.0340. The molecule has 2 aromatic rings. The second-order valence-electron chi connectivity index (χ2n) is 6.46. The number of nitrogens with one attached hydrogen (secondary N) is 2. The van der Waals surface area contributed by atoms with Gasteiger partial charge in [-0.2, -0.15) is 0 Å².